The van der Waals surface area contributed by atoms with Gasteiger partial charge in [0.15, 0.2) is 0 Å². The third kappa shape index (κ3) is 5.67. The van der Waals surface area contributed by atoms with E-state index < -0.39 is 9.28 Å². The van der Waals surface area contributed by atoms with Gasteiger partial charge in [0.1, 0.15) is 3.23 Å². The van der Waals surface area contributed by atoms with E-state index >= 15 is 0 Å². The highest BCUT2D eigenvalue weighted by Crippen LogP contribution is 2.41. The number of halogens is 2. The van der Waals surface area contributed by atoms with Crippen LogP contribution in [0.2, 0.25) is 6.04 Å². The summed E-state index contributed by atoms with van der Waals surface area (Å²) in [5.74, 6) is 0. The summed E-state index contributed by atoms with van der Waals surface area (Å²) in [6.07, 6.45) is 0.975. The molecule has 0 spiro atoms. The second kappa shape index (κ2) is 8.57. The van der Waals surface area contributed by atoms with Gasteiger partial charge in [-0.3, -0.25) is 0 Å². The summed E-state index contributed by atoms with van der Waals surface area (Å²) in [6.45, 7) is 7.67. The molecule has 0 radical (unpaired) electrons. The smallest absolute Gasteiger partial charge is 0.321 e. The molecule has 19 heavy (non-hydrogen) atoms. The summed E-state index contributed by atoms with van der Waals surface area (Å²) in [4.78, 5) is 0. The molecule has 2 nitrogen and oxygen atoms in total. The highest BCUT2D eigenvalue weighted by Gasteiger charge is 2.22. The molecule has 1 aromatic carbocycles. The molecular formula is C14H22Br2O2Si. The molecule has 0 aliphatic rings. The van der Waals surface area contributed by atoms with E-state index in [1.54, 1.807) is 0 Å². The van der Waals surface area contributed by atoms with E-state index in [1.807, 2.05) is 6.92 Å². The minimum atomic E-state index is -1.47. The largest absolute Gasteiger partial charge is 0.397 e. The van der Waals surface area contributed by atoms with Crippen molar-refractivity contribution in [1.82, 2.24) is 0 Å². The maximum atomic E-state index is 5.91. The van der Waals surface area contributed by atoms with E-state index in [4.69, 9.17) is 8.85 Å². The van der Waals surface area contributed by atoms with Crippen molar-refractivity contribution in [1.29, 1.82) is 0 Å². The van der Waals surface area contributed by atoms with E-state index in [2.05, 4.69) is 70.0 Å². The summed E-state index contributed by atoms with van der Waals surface area (Å²) < 4.78 is 11.4. The molecule has 0 saturated heterocycles. The zero-order valence-corrected chi connectivity index (χ0v) is 16.1. The summed E-state index contributed by atoms with van der Waals surface area (Å²) >= 11 is 7.40. The molecule has 0 aliphatic heterocycles. The van der Waals surface area contributed by atoms with E-state index in [1.165, 1.54) is 11.1 Å². The molecule has 1 aromatic rings. The molecule has 0 amide bonds. The van der Waals surface area contributed by atoms with Crippen molar-refractivity contribution in [2.45, 2.75) is 43.1 Å². The van der Waals surface area contributed by atoms with Gasteiger partial charge in [0.2, 0.25) is 0 Å². The number of benzene rings is 1. The monoisotopic (exact) mass is 408 g/mol. The highest BCUT2D eigenvalue weighted by molar-refractivity contribution is 9.24. The fraction of sp³-hybridized carbons (Fsp3) is 0.571. The first-order valence-electron chi connectivity index (χ1n) is 6.73. The van der Waals surface area contributed by atoms with Gasteiger partial charge in [-0.1, -0.05) is 70.0 Å². The van der Waals surface area contributed by atoms with Crippen LogP contribution < -0.4 is 0 Å². The van der Waals surface area contributed by atoms with Crippen LogP contribution in [-0.4, -0.2) is 15.9 Å². The first-order valence-corrected chi connectivity index (χ1v) is 10.1. The van der Waals surface area contributed by atoms with E-state index in [9.17, 15) is 0 Å². The van der Waals surface area contributed by atoms with E-state index in [0.717, 1.165) is 19.1 Å². The first-order chi connectivity index (χ1) is 9.03. The summed E-state index contributed by atoms with van der Waals surface area (Å²) in [5.41, 5.74) is 2.42. The average Bonchev–Trinajstić information content (AvgIpc) is 2.43. The van der Waals surface area contributed by atoms with Crippen molar-refractivity contribution >= 4 is 41.1 Å². The van der Waals surface area contributed by atoms with Crippen molar-refractivity contribution in [3.05, 3.63) is 35.4 Å². The van der Waals surface area contributed by atoms with Crippen LogP contribution >= 0.6 is 31.9 Å². The topological polar surface area (TPSA) is 18.5 Å². The third-order valence-electron chi connectivity index (χ3n) is 2.92. The lowest BCUT2D eigenvalue weighted by molar-refractivity contribution is 0.197. The average molecular weight is 410 g/mol. The summed E-state index contributed by atoms with van der Waals surface area (Å²) in [5, 5.41) is 0. The van der Waals surface area contributed by atoms with Gasteiger partial charge in [0, 0.05) is 6.61 Å². The number of rotatable bonds is 8. The molecule has 0 aliphatic carbocycles. The Kier molecular flexibility index (Phi) is 7.83. The van der Waals surface area contributed by atoms with Crippen LogP contribution in [-0.2, 0) is 18.7 Å². The minimum Gasteiger partial charge on any atom is -0.397 e. The molecule has 0 bridgehead atoms. The van der Waals surface area contributed by atoms with Crippen LogP contribution in [0, 0.1) is 0 Å². The van der Waals surface area contributed by atoms with Crippen LogP contribution in [0.3, 0.4) is 0 Å². The zero-order valence-electron chi connectivity index (χ0n) is 11.8. The molecule has 0 saturated carbocycles. The lowest BCUT2D eigenvalue weighted by Crippen LogP contribution is -2.21. The molecule has 0 heterocycles. The van der Waals surface area contributed by atoms with Gasteiger partial charge in [0.05, 0.1) is 6.61 Å². The Morgan fingerprint density at radius 2 is 1.89 bits per heavy atom. The molecule has 0 N–H and O–H groups in total. The predicted molar refractivity (Wildman–Crippen MR) is 90.3 cm³/mol. The molecule has 1 atom stereocenters. The van der Waals surface area contributed by atoms with Gasteiger partial charge >= 0.3 is 9.28 Å². The molecule has 1 unspecified atom stereocenters. The van der Waals surface area contributed by atoms with Gasteiger partial charge in [-0.05, 0) is 30.5 Å². The van der Waals surface area contributed by atoms with Crippen molar-refractivity contribution in [2.75, 3.05) is 6.61 Å². The Labute approximate surface area is 135 Å². The standard InChI is InChI=1S/C14H22Br2O2Si/c1-4-14(15,16)13-9-7-8-12(10-13)11-18-19(6-3)17-5-2/h7-10,19H,4-6,11H2,1-3H3. The van der Waals surface area contributed by atoms with Gasteiger partial charge < -0.3 is 8.85 Å². The fourth-order valence-corrected chi connectivity index (χ4v) is 3.56. The summed E-state index contributed by atoms with van der Waals surface area (Å²) in [7, 11) is -1.47. The van der Waals surface area contributed by atoms with E-state index in [0.29, 0.717) is 6.61 Å². The Hall–Kier alpha value is 0.317. The highest BCUT2D eigenvalue weighted by atomic mass is 79.9. The van der Waals surface area contributed by atoms with Crippen molar-refractivity contribution in [3.8, 4) is 0 Å². The Morgan fingerprint density at radius 3 is 2.47 bits per heavy atom. The van der Waals surface area contributed by atoms with Gasteiger partial charge in [0.25, 0.3) is 0 Å². The molecule has 0 fully saturated rings. The van der Waals surface area contributed by atoms with Crippen LogP contribution in [0.5, 0.6) is 0 Å². The molecule has 5 heteroatoms. The normalized spacial score (nSPS) is 13.5. The fourth-order valence-electron chi connectivity index (χ4n) is 1.75. The van der Waals surface area contributed by atoms with Gasteiger partial charge in [-0.25, -0.2) is 0 Å². The lowest BCUT2D eigenvalue weighted by atomic mass is 10.1. The van der Waals surface area contributed by atoms with Crippen LogP contribution in [0.1, 0.15) is 38.3 Å². The summed E-state index contributed by atoms with van der Waals surface area (Å²) in [6, 6.07) is 9.48. The number of hydrogen-bond acceptors (Lipinski definition) is 2. The second-order valence-electron chi connectivity index (χ2n) is 4.36. The molecular weight excluding hydrogens is 388 g/mol. The second-order valence-corrected chi connectivity index (χ2v) is 10.5. The van der Waals surface area contributed by atoms with Gasteiger partial charge in [-0.15, -0.1) is 0 Å². The molecule has 0 aromatic heterocycles. The Morgan fingerprint density at radius 1 is 1.16 bits per heavy atom. The molecule has 108 valence electrons. The SMILES string of the molecule is CCO[SiH](CC)OCc1cccc(C(Br)(Br)CC)c1. The van der Waals surface area contributed by atoms with Crippen LogP contribution in [0.25, 0.3) is 0 Å². The minimum absolute atomic E-state index is 0.141. The Balaban J connectivity index is 2.67. The van der Waals surface area contributed by atoms with Crippen LogP contribution in [0.4, 0.5) is 0 Å². The zero-order chi connectivity index (χ0) is 14.3. The van der Waals surface area contributed by atoms with Crippen molar-refractivity contribution < 1.29 is 8.85 Å². The van der Waals surface area contributed by atoms with Gasteiger partial charge in [-0.2, -0.15) is 0 Å². The third-order valence-corrected chi connectivity index (χ3v) is 6.86. The quantitative estimate of drug-likeness (QED) is 0.452. The van der Waals surface area contributed by atoms with E-state index in [-0.39, 0.29) is 3.23 Å². The van der Waals surface area contributed by atoms with Crippen LogP contribution in [0.15, 0.2) is 24.3 Å². The van der Waals surface area contributed by atoms with Crippen molar-refractivity contribution in [3.63, 3.8) is 0 Å². The Bertz CT molecular complexity index is 385. The number of alkyl halides is 2. The lowest BCUT2D eigenvalue weighted by Gasteiger charge is -2.20. The maximum absolute atomic E-state index is 5.91. The molecule has 1 rings (SSSR count). The number of hydrogen-bond donors (Lipinski definition) is 0. The first kappa shape index (κ1) is 17.4. The maximum Gasteiger partial charge on any atom is 0.321 e. The van der Waals surface area contributed by atoms with Crippen molar-refractivity contribution in [2.24, 2.45) is 0 Å². The predicted octanol–water partition coefficient (Wildman–Crippen LogP) is 4.83.